The number of rotatable bonds is 6. The zero-order valence-electron chi connectivity index (χ0n) is 15.2. The number of ether oxygens (including phenoxy) is 1. The van der Waals surface area contributed by atoms with Gasteiger partial charge in [-0.3, -0.25) is 0 Å². The minimum atomic E-state index is -4.37. The lowest BCUT2D eigenvalue weighted by Crippen LogP contribution is -2.16. The number of carbonyl (C=O) groups is 2. The third kappa shape index (κ3) is 8.60. The highest BCUT2D eigenvalue weighted by atomic mass is 19.4. The highest BCUT2D eigenvalue weighted by molar-refractivity contribution is 6.27. The maximum atomic E-state index is 13.0. The summed E-state index contributed by atoms with van der Waals surface area (Å²) in [4.78, 5) is 18.2. The number of nitrogens with one attached hydrogen (secondary N) is 1. The predicted octanol–water partition coefficient (Wildman–Crippen LogP) is 3.73. The van der Waals surface area contributed by atoms with Gasteiger partial charge in [-0.15, -0.1) is 0 Å². The maximum absolute atomic E-state index is 13.0. The van der Waals surface area contributed by atoms with Crippen molar-refractivity contribution in [1.29, 1.82) is 0 Å². The van der Waals surface area contributed by atoms with Crippen LogP contribution in [0.3, 0.4) is 0 Å². The van der Waals surface area contributed by atoms with Crippen LogP contribution in [0.4, 0.5) is 17.6 Å². The van der Waals surface area contributed by atoms with Gasteiger partial charge >= 0.3 is 18.1 Å². The van der Waals surface area contributed by atoms with Crippen molar-refractivity contribution in [1.82, 2.24) is 5.32 Å². The lowest BCUT2D eigenvalue weighted by molar-refractivity contribution is -0.159. The van der Waals surface area contributed by atoms with Crippen LogP contribution in [-0.2, 0) is 15.8 Å². The summed E-state index contributed by atoms with van der Waals surface area (Å²) in [5.74, 6) is -3.66. The molecule has 0 aliphatic rings. The zero-order valence-corrected chi connectivity index (χ0v) is 15.2. The average Bonchev–Trinajstić information content (AvgIpc) is 2.66. The summed E-state index contributed by atoms with van der Waals surface area (Å²) in [6.07, 6.45) is -4.15. The van der Waals surface area contributed by atoms with Gasteiger partial charge < -0.3 is 20.3 Å². The van der Waals surface area contributed by atoms with Crippen molar-refractivity contribution in [3.63, 3.8) is 0 Å². The molecule has 1 unspecified atom stereocenters. The van der Waals surface area contributed by atoms with Crippen LogP contribution in [0.2, 0.25) is 0 Å². The summed E-state index contributed by atoms with van der Waals surface area (Å²) >= 11 is 0. The fourth-order valence-electron chi connectivity index (χ4n) is 2.13. The molecule has 6 nitrogen and oxygen atoms in total. The highest BCUT2D eigenvalue weighted by Gasteiger charge is 2.30. The van der Waals surface area contributed by atoms with E-state index in [0.717, 1.165) is 17.7 Å². The van der Waals surface area contributed by atoms with E-state index in [9.17, 15) is 17.6 Å². The second-order valence-corrected chi connectivity index (χ2v) is 5.68. The molecule has 2 aromatic rings. The van der Waals surface area contributed by atoms with Crippen molar-refractivity contribution in [3.8, 4) is 5.75 Å². The van der Waals surface area contributed by atoms with Crippen LogP contribution in [0.25, 0.3) is 0 Å². The second kappa shape index (κ2) is 11.0. The van der Waals surface area contributed by atoms with Crippen LogP contribution in [-0.4, -0.2) is 35.7 Å². The van der Waals surface area contributed by atoms with Crippen LogP contribution in [0, 0.1) is 5.82 Å². The van der Waals surface area contributed by atoms with Crippen LogP contribution in [0.15, 0.2) is 48.5 Å². The molecule has 0 spiro atoms. The number of hydrogen-bond donors (Lipinski definition) is 3. The average molecular weight is 417 g/mol. The normalized spacial score (nSPS) is 11.8. The molecule has 0 bridgehead atoms. The molecule has 1 atom stereocenters. The zero-order chi connectivity index (χ0) is 22.0. The topological polar surface area (TPSA) is 95.9 Å². The van der Waals surface area contributed by atoms with E-state index < -0.39 is 23.7 Å². The molecule has 0 saturated heterocycles. The Morgan fingerprint density at radius 1 is 1.00 bits per heavy atom. The monoisotopic (exact) mass is 417 g/mol. The van der Waals surface area contributed by atoms with Crippen LogP contribution in [0.1, 0.15) is 23.7 Å². The van der Waals surface area contributed by atoms with Crippen molar-refractivity contribution in [2.24, 2.45) is 0 Å². The molecule has 0 saturated carbocycles. The molecule has 0 aliphatic carbocycles. The largest absolute Gasteiger partial charge is 0.486 e. The Balaban J connectivity index is 0.000000612. The molecule has 0 amide bonds. The number of aliphatic carboxylic acids is 2. The number of hydrogen-bond acceptors (Lipinski definition) is 4. The maximum Gasteiger partial charge on any atom is 0.416 e. The van der Waals surface area contributed by atoms with E-state index in [4.69, 9.17) is 24.5 Å². The second-order valence-electron chi connectivity index (χ2n) is 5.68. The van der Waals surface area contributed by atoms with E-state index >= 15 is 0 Å². The van der Waals surface area contributed by atoms with Gasteiger partial charge in [0.15, 0.2) is 0 Å². The van der Waals surface area contributed by atoms with Crippen molar-refractivity contribution in [3.05, 3.63) is 65.5 Å². The summed E-state index contributed by atoms with van der Waals surface area (Å²) in [7, 11) is 1.79. The molecule has 0 aromatic heterocycles. The Bertz CT molecular complexity index is 780. The van der Waals surface area contributed by atoms with E-state index in [-0.39, 0.29) is 11.9 Å². The summed E-state index contributed by atoms with van der Waals surface area (Å²) in [5.41, 5.74) is 0.0416. The Morgan fingerprint density at radius 3 is 1.93 bits per heavy atom. The highest BCUT2D eigenvalue weighted by Crippen LogP contribution is 2.31. The van der Waals surface area contributed by atoms with Crippen molar-refractivity contribution in [2.75, 3.05) is 13.6 Å². The fourth-order valence-corrected chi connectivity index (χ4v) is 2.13. The van der Waals surface area contributed by atoms with Gasteiger partial charge in [-0.1, -0.05) is 12.1 Å². The molecule has 2 rings (SSSR count). The van der Waals surface area contributed by atoms with Gasteiger partial charge in [0, 0.05) is 6.42 Å². The number of halogens is 4. The number of carboxylic acids is 2. The molecule has 0 radical (unpaired) electrons. The fraction of sp³-hybridized carbons (Fsp3) is 0.263. The van der Waals surface area contributed by atoms with Gasteiger partial charge in [0.1, 0.15) is 17.7 Å². The van der Waals surface area contributed by atoms with E-state index in [1.54, 1.807) is 19.2 Å². The van der Waals surface area contributed by atoms with Gasteiger partial charge in [-0.25, -0.2) is 14.0 Å². The molecule has 3 N–H and O–H groups in total. The van der Waals surface area contributed by atoms with E-state index in [2.05, 4.69) is 5.32 Å². The predicted molar refractivity (Wildman–Crippen MR) is 95.0 cm³/mol. The van der Waals surface area contributed by atoms with Crippen molar-refractivity contribution in [2.45, 2.75) is 18.7 Å². The summed E-state index contributed by atoms with van der Waals surface area (Å²) < 4.78 is 56.5. The molecule has 0 heterocycles. The van der Waals surface area contributed by atoms with Gasteiger partial charge in [0.05, 0.1) is 5.56 Å². The molecular weight excluding hydrogens is 398 g/mol. The Labute approximate surface area is 163 Å². The van der Waals surface area contributed by atoms with Crippen molar-refractivity contribution < 1.29 is 42.1 Å². The lowest BCUT2D eigenvalue weighted by Gasteiger charge is -2.20. The quantitative estimate of drug-likeness (QED) is 0.490. The van der Waals surface area contributed by atoms with Gasteiger partial charge in [0.25, 0.3) is 0 Å². The van der Waals surface area contributed by atoms with Crippen molar-refractivity contribution >= 4 is 11.9 Å². The third-order valence-electron chi connectivity index (χ3n) is 3.54. The Morgan fingerprint density at radius 2 is 1.52 bits per heavy atom. The standard InChI is InChI=1S/C17H17F4NO.C2H2O4/c1-22-11-10-16(12-2-6-14(18)7-3-12)23-15-8-4-13(5-9-15)17(19,20)21;3-1(4)2(5)6/h2-9,16,22H,10-11H2,1H3;(H,3,4)(H,5,6). The Hall–Kier alpha value is -3.14. The molecule has 10 heteroatoms. The van der Waals surface area contributed by atoms with Crippen LogP contribution in [0.5, 0.6) is 5.75 Å². The number of carboxylic acid groups (broad SMARTS) is 2. The van der Waals surface area contributed by atoms with Gasteiger partial charge in [-0.2, -0.15) is 13.2 Å². The first-order chi connectivity index (χ1) is 13.5. The van der Waals surface area contributed by atoms with Crippen LogP contribution >= 0.6 is 0 Å². The van der Waals surface area contributed by atoms with E-state index in [0.29, 0.717) is 18.7 Å². The number of benzene rings is 2. The van der Waals surface area contributed by atoms with E-state index in [1.807, 2.05) is 0 Å². The van der Waals surface area contributed by atoms with Crippen LogP contribution < -0.4 is 10.1 Å². The minimum Gasteiger partial charge on any atom is -0.486 e. The Kier molecular flexibility index (Phi) is 9.07. The molecule has 2 aromatic carbocycles. The van der Waals surface area contributed by atoms with Gasteiger partial charge in [-0.05, 0) is 55.6 Å². The molecule has 0 fully saturated rings. The van der Waals surface area contributed by atoms with Gasteiger partial charge in [0.2, 0.25) is 0 Å². The molecular formula is C19H19F4NO5. The smallest absolute Gasteiger partial charge is 0.416 e. The lowest BCUT2D eigenvalue weighted by atomic mass is 10.1. The first-order valence-electron chi connectivity index (χ1n) is 8.24. The third-order valence-corrected chi connectivity index (χ3v) is 3.54. The first kappa shape index (κ1) is 23.9. The summed E-state index contributed by atoms with van der Waals surface area (Å²) in [6, 6.07) is 10.4. The number of alkyl halides is 3. The minimum absolute atomic E-state index is 0.337. The SMILES string of the molecule is CNCCC(Oc1ccc(C(F)(F)F)cc1)c1ccc(F)cc1.O=C(O)C(=O)O. The molecule has 158 valence electrons. The first-order valence-corrected chi connectivity index (χ1v) is 8.24. The summed E-state index contributed by atoms with van der Waals surface area (Å²) in [6.45, 7) is 0.655. The molecule has 29 heavy (non-hydrogen) atoms. The summed E-state index contributed by atoms with van der Waals surface area (Å²) in [5, 5.41) is 17.8. The molecule has 0 aliphatic heterocycles. The van der Waals surface area contributed by atoms with E-state index in [1.165, 1.54) is 24.3 Å².